The van der Waals surface area contributed by atoms with E-state index in [0.29, 0.717) is 5.02 Å². The van der Waals surface area contributed by atoms with E-state index >= 15 is 0 Å². The predicted octanol–water partition coefficient (Wildman–Crippen LogP) is 2.80. The molecule has 0 saturated heterocycles. The van der Waals surface area contributed by atoms with Gasteiger partial charge in [0.05, 0.1) is 12.7 Å². The SMILES string of the molecule is CC(C)OC(CO)c1ccc(Cl)cc1. The van der Waals surface area contributed by atoms with Crippen LogP contribution in [0.3, 0.4) is 0 Å². The highest BCUT2D eigenvalue weighted by molar-refractivity contribution is 6.30. The molecule has 78 valence electrons. The molecule has 1 rings (SSSR count). The molecule has 0 aliphatic carbocycles. The molecule has 1 aromatic rings. The summed E-state index contributed by atoms with van der Waals surface area (Å²) in [5, 5.41) is 9.83. The van der Waals surface area contributed by atoms with E-state index < -0.39 is 0 Å². The average molecular weight is 215 g/mol. The summed E-state index contributed by atoms with van der Waals surface area (Å²) in [6.45, 7) is 3.87. The van der Waals surface area contributed by atoms with Gasteiger partial charge in [0.15, 0.2) is 0 Å². The predicted molar refractivity (Wildman–Crippen MR) is 57.5 cm³/mol. The lowest BCUT2D eigenvalue weighted by Gasteiger charge is -2.18. The van der Waals surface area contributed by atoms with Gasteiger partial charge in [-0.1, -0.05) is 23.7 Å². The molecule has 0 heterocycles. The number of hydrogen-bond acceptors (Lipinski definition) is 2. The molecule has 1 N–H and O–H groups in total. The molecule has 0 spiro atoms. The zero-order chi connectivity index (χ0) is 10.6. The van der Waals surface area contributed by atoms with Gasteiger partial charge in [-0.2, -0.15) is 0 Å². The Morgan fingerprint density at radius 1 is 1.29 bits per heavy atom. The van der Waals surface area contributed by atoms with Crippen molar-refractivity contribution < 1.29 is 9.84 Å². The van der Waals surface area contributed by atoms with Crippen molar-refractivity contribution in [2.45, 2.75) is 26.1 Å². The summed E-state index contributed by atoms with van der Waals surface area (Å²) in [6.07, 6.45) is -0.157. The molecule has 0 fully saturated rings. The number of rotatable bonds is 4. The molecule has 2 nitrogen and oxygen atoms in total. The number of aliphatic hydroxyl groups is 1. The Bertz CT molecular complexity index is 269. The molecule has 0 amide bonds. The molecule has 0 saturated carbocycles. The molecule has 1 atom stereocenters. The molecule has 1 aromatic carbocycles. The first-order valence-electron chi connectivity index (χ1n) is 4.65. The summed E-state index contributed by atoms with van der Waals surface area (Å²) in [5.74, 6) is 0. The number of benzene rings is 1. The van der Waals surface area contributed by atoms with Gasteiger partial charge in [0.1, 0.15) is 6.10 Å². The van der Waals surface area contributed by atoms with Crippen molar-refractivity contribution in [3.05, 3.63) is 34.9 Å². The molecule has 3 heteroatoms. The van der Waals surface area contributed by atoms with Crippen LogP contribution < -0.4 is 0 Å². The minimum absolute atomic E-state index is 0.0141. The second-order valence-corrected chi connectivity index (χ2v) is 3.84. The van der Waals surface area contributed by atoms with E-state index in [-0.39, 0.29) is 18.8 Å². The maximum absolute atomic E-state index is 9.14. The van der Waals surface area contributed by atoms with Crippen LogP contribution in [0.5, 0.6) is 0 Å². The molecule has 0 radical (unpaired) electrons. The van der Waals surface area contributed by atoms with E-state index in [1.165, 1.54) is 0 Å². The van der Waals surface area contributed by atoms with Crippen molar-refractivity contribution in [2.24, 2.45) is 0 Å². The lowest BCUT2D eigenvalue weighted by Crippen LogP contribution is -2.13. The van der Waals surface area contributed by atoms with E-state index in [1.807, 2.05) is 26.0 Å². The van der Waals surface area contributed by atoms with Crippen LogP contribution in [0.1, 0.15) is 25.5 Å². The van der Waals surface area contributed by atoms with Gasteiger partial charge in [-0.25, -0.2) is 0 Å². The first-order chi connectivity index (χ1) is 6.63. The molecule has 1 unspecified atom stereocenters. The minimum atomic E-state index is -0.257. The summed E-state index contributed by atoms with van der Waals surface area (Å²) >= 11 is 5.76. The largest absolute Gasteiger partial charge is 0.393 e. The molecular weight excluding hydrogens is 200 g/mol. The van der Waals surface area contributed by atoms with Crippen LogP contribution in [0.2, 0.25) is 5.02 Å². The molecule has 0 bridgehead atoms. The van der Waals surface area contributed by atoms with Crippen molar-refractivity contribution in [3.63, 3.8) is 0 Å². The molecule has 0 aliphatic heterocycles. The van der Waals surface area contributed by atoms with E-state index in [0.717, 1.165) is 5.56 Å². The molecule has 14 heavy (non-hydrogen) atoms. The van der Waals surface area contributed by atoms with Crippen LogP contribution >= 0.6 is 11.6 Å². The van der Waals surface area contributed by atoms with Gasteiger partial charge in [0.25, 0.3) is 0 Å². The van der Waals surface area contributed by atoms with Crippen molar-refractivity contribution >= 4 is 11.6 Å². The van der Waals surface area contributed by atoms with Crippen LogP contribution in [0.4, 0.5) is 0 Å². The minimum Gasteiger partial charge on any atom is -0.393 e. The van der Waals surface area contributed by atoms with E-state index in [2.05, 4.69) is 0 Å². The first kappa shape index (κ1) is 11.5. The van der Waals surface area contributed by atoms with E-state index in [9.17, 15) is 0 Å². The average Bonchev–Trinajstić information content (AvgIpc) is 2.15. The third-order valence-corrected chi connectivity index (χ3v) is 2.10. The Hall–Kier alpha value is -0.570. The smallest absolute Gasteiger partial charge is 0.106 e. The van der Waals surface area contributed by atoms with Crippen LogP contribution in [0, 0.1) is 0 Å². The monoisotopic (exact) mass is 214 g/mol. The van der Waals surface area contributed by atoms with Crippen molar-refractivity contribution in [1.82, 2.24) is 0 Å². The highest BCUT2D eigenvalue weighted by Gasteiger charge is 2.11. The maximum atomic E-state index is 9.14. The van der Waals surface area contributed by atoms with Gasteiger partial charge in [0.2, 0.25) is 0 Å². The summed E-state index contributed by atoms with van der Waals surface area (Å²) < 4.78 is 5.53. The van der Waals surface area contributed by atoms with E-state index in [4.69, 9.17) is 21.4 Å². The Kier molecular flexibility index (Phi) is 4.39. The summed E-state index contributed by atoms with van der Waals surface area (Å²) in [6, 6.07) is 7.32. The van der Waals surface area contributed by atoms with Gasteiger partial charge in [-0.3, -0.25) is 0 Å². The summed E-state index contributed by atoms with van der Waals surface area (Å²) in [7, 11) is 0. The second-order valence-electron chi connectivity index (χ2n) is 3.41. The molecular formula is C11H15ClO2. The number of hydrogen-bond donors (Lipinski definition) is 1. The van der Waals surface area contributed by atoms with Crippen molar-refractivity contribution in [3.8, 4) is 0 Å². The Labute approximate surface area is 89.5 Å². The topological polar surface area (TPSA) is 29.5 Å². The normalized spacial score (nSPS) is 13.2. The van der Waals surface area contributed by atoms with Gasteiger partial charge in [-0.15, -0.1) is 0 Å². The fraction of sp³-hybridized carbons (Fsp3) is 0.455. The zero-order valence-corrected chi connectivity index (χ0v) is 9.16. The quantitative estimate of drug-likeness (QED) is 0.835. The fourth-order valence-electron chi connectivity index (χ4n) is 1.23. The number of aliphatic hydroxyl groups excluding tert-OH is 1. The Balaban J connectivity index is 2.73. The number of halogens is 1. The lowest BCUT2D eigenvalue weighted by atomic mass is 10.1. The Morgan fingerprint density at radius 2 is 1.86 bits per heavy atom. The summed E-state index contributed by atoms with van der Waals surface area (Å²) in [4.78, 5) is 0. The van der Waals surface area contributed by atoms with Gasteiger partial charge < -0.3 is 9.84 Å². The number of ether oxygens (including phenoxy) is 1. The molecule has 0 aliphatic rings. The van der Waals surface area contributed by atoms with Crippen molar-refractivity contribution in [1.29, 1.82) is 0 Å². The van der Waals surface area contributed by atoms with Crippen LogP contribution in [0.15, 0.2) is 24.3 Å². The second kappa shape index (κ2) is 5.35. The van der Waals surface area contributed by atoms with Crippen LogP contribution in [-0.2, 0) is 4.74 Å². The van der Waals surface area contributed by atoms with Gasteiger partial charge in [0, 0.05) is 5.02 Å². The lowest BCUT2D eigenvalue weighted by molar-refractivity contribution is -0.0247. The highest BCUT2D eigenvalue weighted by Crippen LogP contribution is 2.20. The maximum Gasteiger partial charge on any atom is 0.106 e. The van der Waals surface area contributed by atoms with Gasteiger partial charge >= 0.3 is 0 Å². The zero-order valence-electron chi connectivity index (χ0n) is 8.40. The standard InChI is InChI=1S/C11H15ClO2/c1-8(2)14-11(7-13)9-3-5-10(12)6-4-9/h3-6,8,11,13H,7H2,1-2H3. The third kappa shape index (κ3) is 3.29. The summed E-state index contributed by atoms with van der Waals surface area (Å²) in [5.41, 5.74) is 0.950. The molecule has 0 aromatic heterocycles. The van der Waals surface area contributed by atoms with Gasteiger partial charge in [-0.05, 0) is 31.5 Å². The highest BCUT2D eigenvalue weighted by atomic mass is 35.5. The Morgan fingerprint density at radius 3 is 2.29 bits per heavy atom. The van der Waals surface area contributed by atoms with Crippen molar-refractivity contribution in [2.75, 3.05) is 6.61 Å². The first-order valence-corrected chi connectivity index (χ1v) is 5.03. The van der Waals surface area contributed by atoms with Crippen LogP contribution in [0.25, 0.3) is 0 Å². The third-order valence-electron chi connectivity index (χ3n) is 1.84. The van der Waals surface area contributed by atoms with Crippen LogP contribution in [-0.4, -0.2) is 17.8 Å². The van der Waals surface area contributed by atoms with E-state index in [1.54, 1.807) is 12.1 Å². The fourth-order valence-corrected chi connectivity index (χ4v) is 1.36.